The number of benzene rings is 3. The van der Waals surface area contributed by atoms with E-state index in [-0.39, 0.29) is 11.8 Å². The first kappa shape index (κ1) is 20.2. The van der Waals surface area contributed by atoms with Crippen LogP contribution in [0.2, 0.25) is 0 Å². The molecule has 3 aromatic carbocycles. The molecular weight excluding hydrogens is 388 g/mol. The number of hydrazine groups is 1. The van der Waals surface area contributed by atoms with Crippen LogP contribution in [-0.4, -0.2) is 16.4 Å². The maximum Gasteiger partial charge on any atom is 0.269 e. The number of nitrogens with one attached hydrogen (secondary N) is 3. The van der Waals surface area contributed by atoms with Crippen molar-refractivity contribution in [3.05, 3.63) is 90.1 Å². The van der Waals surface area contributed by atoms with Crippen molar-refractivity contribution in [2.45, 2.75) is 20.4 Å². The molecule has 3 N–H and O–H groups in total. The summed E-state index contributed by atoms with van der Waals surface area (Å²) in [6.45, 7) is 4.71. The molecule has 1 heterocycles. The minimum atomic E-state index is -0.280. The molecule has 0 unspecified atom stereocenters. The van der Waals surface area contributed by atoms with Gasteiger partial charge in [0.05, 0.1) is 0 Å². The summed E-state index contributed by atoms with van der Waals surface area (Å²) in [6, 6.07) is 23.1. The number of aromatic nitrogens is 1. The molecule has 1 aromatic heterocycles. The molecule has 0 saturated heterocycles. The van der Waals surface area contributed by atoms with E-state index in [0.717, 1.165) is 22.8 Å². The minimum absolute atomic E-state index is 0.272. The van der Waals surface area contributed by atoms with Crippen molar-refractivity contribution in [2.24, 2.45) is 0 Å². The molecule has 0 aliphatic heterocycles. The van der Waals surface area contributed by atoms with E-state index in [1.165, 1.54) is 11.6 Å². The fourth-order valence-corrected chi connectivity index (χ4v) is 3.70. The van der Waals surface area contributed by atoms with Crippen molar-refractivity contribution in [3.8, 4) is 0 Å². The van der Waals surface area contributed by atoms with Crippen LogP contribution in [0.5, 0.6) is 0 Å². The molecule has 0 bridgehead atoms. The van der Waals surface area contributed by atoms with Gasteiger partial charge in [-0.25, -0.2) is 0 Å². The lowest BCUT2D eigenvalue weighted by Crippen LogP contribution is -2.36. The predicted octanol–water partition coefficient (Wildman–Crippen LogP) is 4.59. The number of hydrogen-bond donors (Lipinski definition) is 3. The Morgan fingerprint density at radius 3 is 2.35 bits per heavy atom. The first-order valence-electron chi connectivity index (χ1n) is 10.2. The maximum atomic E-state index is 12.5. The molecule has 156 valence electrons. The third kappa shape index (κ3) is 4.28. The molecule has 0 fully saturated rings. The van der Waals surface area contributed by atoms with Crippen molar-refractivity contribution in [1.82, 2.24) is 15.4 Å². The van der Waals surface area contributed by atoms with E-state index in [2.05, 4.69) is 39.8 Å². The summed E-state index contributed by atoms with van der Waals surface area (Å²) in [5, 5.41) is 5.16. The van der Waals surface area contributed by atoms with Crippen LogP contribution in [0.25, 0.3) is 21.8 Å². The average molecular weight is 412 g/mol. The molecule has 4 aromatic rings. The fourth-order valence-electron chi connectivity index (χ4n) is 3.70. The van der Waals surface area contributed by atoms with Gasteiger partial charge in [0, 0.05) is 51.4 Å². The number of allylic oxidation sites excluding steroid dienone is 1. The Kier molecular flexibility index (Phi) is 5.71. The highest BCUT2D eigenvalue weighted by molar-refractivity contribution is 6.10. The van der Waals surface area contributed by atoms with Gasteiger partial charge in [-0.05, 0) is 50.2 Å². The minimum Gasteiger partial charge on any atom is -0.341 e. The van der Waals surface area contributed by atoms with Crippen molar-refractivity contribution in [3.63, 3.8) is 0 Å². The number of aryl methyl sites for hydroxylation is 1. The lowest BCUT2D eigenvalue weighted by Gasteiger charge is -2.09. The molecule has 0 atom stereocenters. The zero-order valence-electron chi connectivity index (χ0n) is 17.5. The standard InChI is InChI=1S/C25H24N4O2/c1-3-29-22-12-8-7-11-20(22)21-16-19(13-14-23(21)29)26-24(30)15-17(2)27-28-25(31)18-9-5-4-6-10-18/h4-16,27H,3H2,1-2H3,(H,26,30)(H,28,31). The van der Waals surface area contributed by atoms with Crippen LogP contribution in [0.15, 0.2) is 84.6 Å². The van der Waals surface area contributed by atoms with Crippen molar-refractivity contribution in [2.75, 3.05) is 5.32 Å². The van der Waals surface area contributed by atoms with E-state index in [4.69, 9.17) is 0 Å². The van der Waals surface area contributed by atoms with Gasteiger partial charge in [0.15, 0.2) is 0 Å². The number of hydrogen-bond acceptors (Lipinski definition) is 3. The third-order valence-electron chi connectivity index (χ3n) is 5.11. The summed E-state index contributed by atoms with van der Waals surface area (Å²) in [6.07, 6.45) is 1.41. The van der Waals surface area contributed by atoms with Crippen LogP contribution in [0.4, 0.5) is 5.69 Å². The summed E-state index contributed by atoms with van der Waals surface area (Å²) >= 11 is 0. The first-order chi connectivity index (χ1) is 15.1. The Morgan fingerprint density at radius 1 is 0.871 bits per heavy atom. The third-order valence-corrected chi connectivity index (χ3v) is 5.11. The average Bonchev–Trinajstić information content (AvgIpc) is 3.11. The molecular formula is C25H24N4O2. The maximum absolute atomic E-state index is 12.5. The molecule has 4 rings (SSSR count). The highest BCUT2D eigenvalue weighted by Gasteiger charge is 2.10. The summed E-state index contributed by atoms with van der Waals surface area (Å²) in [7, 11) is 0. The van der Waals surface area contributed by atoms with Gasteiger partial charge in [-0.1, -0.05) is 36.4 Å². The van der Waals surface area contributed by atoms with Gasteiger partial charge in [-0.2, -0.15) is 0 Å². The van der Waals surface area contributed by atoms with Crippen LogP contribution in [0, 0.1) is 0 Å². The van der Waals surface area contributed by atoms with Gasteiger partial charge in [0.2, 0.25) is 5.91 Å². The van der Waals surface area contributed by atoms with Gasteiger partial charge >= 0.3 is 0 Å². The van der Waals surface area contributed by atoms with Crippen LogP contribution < -0.4 is 16.2 Å². The fraction of sp³-hybridized carbons (Fsp3) is 0.120. The van der Waals surface area contributed by atoms with E-state index >= 15 is 0 Å². The summed E-state index contributed by atoms with van der Waals surface area (Å²) in [5.74, 6) is -0.552. The Bertz CT molecular complexity index is 1290. The van der Waals surface area contributed by atoms with Gasteiger partial charge in [-0.15, -0.1) is 0 Å². The molecule has 0 spiro atoms. The molecule has 31 heavy (non-hydrogen) atoms. The summed E-state index contributed by atoms with van der Waals surface area (Å²) in [5.41, 5.74) is 9.43. The number of anilines is 1. The molecule has 0 aliphatic carbocycles. The predicted molar refractivity (Wildman–Crippen MR) is 125 cm³/mol. The molecule has 6 heteroatoms. The monoisotopic (exact) mass is 412 g/mol. The van der Waals surface area contributed by atoms with Crippen molar-refractivity contribution < 1.29 is 9.59 Å². The molecule has 0 radical (unpaired) electrons. The smallest absolute Gasteiger partial charge is 0.269 e. The summed E-state index contributed by atoms with van der Waals surface area (Å²) in [4.78, 5) is 24.5. The van der Waals surface area contributed by atoms with E-state index in [1.807, 2.05) is 36.4 Å². The van der Waals surface area contributed by atoms with E-state index in [0.29, 0.717) is 16.9 Å². The largest absolute Gasteiger partial charge is 0.341 e. The number of amides is 2. The van der Waals surface area contributed by atoms with Gasteiger partial charge in [0.25, 0.3) is 5.91 Å². The molecule has 2 amide bonds. The lowest BCUT2D eigenvalue weighted by atomic mass is 10.1. The summed E-state index contributed by atoms with van der Waals surface area (Å²) < 4.78 is 2.26. The Balaban J connectivity index is 1.46. The Morgan fingerprint density at radius 2 is 1.58 bits per heavy atom. The van der Waals surface area contributed by atoms with Crippen LogP contribution in [0.3, 0.4) is 0 Å². The zero-order valence-corrected chi connectivity index (χ0v) is 17.5. The van der Waals surface area contributed by atoms with Crippen LogP contribution in [-0.2, 0) is 11.3 Å². The first-order valence-corrected chi connectivity index (χ1v) is 10.2. The number of nitrogens with zero attached hydrogens (tertiary/aromatic N) is 1. The second-order valence-electron chi connectivity index (χ2n) is 7.26. The number of para-hydroxylation sites is 1. The highest BCUT2D eigenvalue weighted by Crippen LogP contribution is 2.30. The number of carbonyl (C=O) groups excluding carboxylic acids is 2. The molecule has 0 saturated carbocycles. The highest BCUT2D eigenvalue weighted by atomic mass is 16.2. The number of carbonyl (C=O) groups is 2. The van der Waals surface area contributed by atoms with E-state index in [1.54, 1.807) is 31.2 Å². The number of fused-ring (bicyclic) bond motifs is 3. The Labute approximate surface area is 180 Å². The molecule has 6 nitrogen and oxygen atoms in total. The number of rotatable bonds is 6. The van der Waals surface area contributed by atoms with Crippen molar-refractivity contribution >= 4 is 39.3 Å². The second kappa shape index (κ2) is 8.75. The van der Waals surface area contributed by atoms with Gasteiger partial charge < -0.3 is 15.3 Å². The normalized spacial score (nSPS) is 11.5. The molecule has 0 aliphatic rings. The van der Waals surface area contributed by atoms with E-state index < -0.39 is 0 Å². The second-order valence-corrected chi connectivity index (χ2v) is 7.26. The lowest BCUT2D eigenvalue weighted by molar-refractivity contribution is -0.112. The van der Waals surface area contributed by atoms with E-state index in [9.17, 15) is 9.59 Å². The van der Waals surface area contributed by atoms with Crippen LogP contribution in [0.1, 0.15) is 24.2 Å². The zero-order chi connectivity index (χ0) is 21.8. The van der Waals surface area contributed by atoms with Gasteiger partial charge in [0.1, 0.15) is 0 Å². The quantitative estimate of drug-likeness (QED) is 0.320. The SMILES string of the molecule is CCn1c2ccccc2c2cc(NC(=O)C=C(C)NNC(=O)c3ccccc3)ccc21. The Hall–Kier alpha value is -4.06. The van der Waals surface area contributed by atoms with Gasteiger partial charge in [-0.3, -0.25) is 15.0 Å². The van der Waals surface area contributed by atoms with Crippen LogP contribution >= 0.6 is 0 Å². The topological polar surface area (TPSA) is 75.2 Å². The van der Waals surface area contributed by atoms with Crippen molar-refractivity contribution in [1.29, 1.82) is 0 Å².